The zero-order chi connectivity index (χ0) is 21.3. The van der Waals surface area contributed by atoms with Gasteiger partial charge in [-0.25, -0.2) is 8.78 Å². The monoisotopic (exact) mass is 427 g/mol. The first kappa shape index (κ1) is 19.8. The van der Waals surface area contributed by atoms with Crippen molar-refractivity contribution in [3.63, 3.8) is 0 Å². The van der Waals surface area contributed by atoms with Gasteiger partial charge in [-0.15, -0.1) is 0 Å². The largest absolute Gasteiger partial charge is 0.339 e. The Balaban J connectivity index is 1.47. The van der Waals surface area contributed by atoms with Crippen LogP contribution < -0.4 is 5.32 Å². The van der Waals surface area contributed by atoms with Crippen LogP contribution in [0.25, 0.3) is 11.5 Å². The number of nitrogens with one attached hydrogen (secondary N) is 1. The van der Waals surface area contributed by atoms with E-state index in [4.69, 9.17) is 4.52 Å². The summed E-state index contributed by atoms with van der Waals surface area (Å²) in [6.45, 7) is 1.70. The number of hydrogen-bond donors (Lipinski definition) is 1. The van der Waals surface area contributed by atoms with Crippen molar-refractivity contribution in [3.05, 3.63) is 71.6 Å². The highest BCUT2D eigenvalue weighted by Gasteiger charge is 2.17. The molecule has 2 aromatic carbocycles. The summed E-state index contributed by atoms with van der Waals surface area (Å²) in [5.41, 5.74) is 0.391. The van der Waals surface area contributed by atoms with Crippen LogP contribution in [0.3, 0.4) is 0 Å². The first-order valence-electron chi connectivity index (χ1n) is 8.79. The predicted octanol–water partition coefficient (Wildman–Crippen LogP) is 4.46. The van der Waals surface area contributed by atoms with E-state index in [9.17, 15) is 13.6 Å². The molecule has 0 aliphatic carbocycles. The molecular weight excluding hydrogens is 412 g/mol. The number of aryl methyl sites for hydroxylation is 2. The van der Waals surface area contributed by atoms with E-state index in [1.165, 1.54) is 17.8 Å². The molecule has 0 fully saturated rings. The number of benzene rings is 2. The number of aromatic nitrogens is 4. The minimum atomic E-state index is -0.913. The second kappa shape index (κ2) is 8.07. The third-order valence-corrected chi connectivity index (χ3v) is 5.22. The summed E-state index contributed by atoms with van der Waals surface area (Å²) in [7, 11) is 1.80. The van der Waals surface area contributed by atoms with Gasteiger partial charge in [0.1, 0.15) is 22.9 Å². The van der Waals surface area contributed by atoms with Crippen LogP contribution in [0.15, 0.2) is 63.0 Å². The minimum Gasteiger partial charge on any atom is -0.339 e. The molecule has 0 aliphatic heterocycles. The Morgan fingerprint density at radius 3 is 2.47 bits per heavy atom. The third kappa shape index (κ3) is 4.08. The van der Waals surface area contributed by atoms with Crippen molar-refractivity contribution in [1.29, 1.82) is 0 Å². The van der Waals surface area contributed by atoms with Gasteiger partial charge in [0.05, 0.1) is 5.03 Å². The van der Waals surface area contributed by atoms with Gasteiger partial charge in [0.15, 0.2) is 0 Å². The van der Waals surface area contributed by atoms with Crippen LogP contribution in [0, 0.1) is 18.6 Å². The molecule has 30 heavy (non-hydrogen) atoms. The van der Waals surface area contributed by atoms with Crippen LogP contribution >= 0.6 is 11.8 Å². The van der Waals surface area contributed by atoms with Crippen LogP contribution in [0.5, 0.6) is 0 Å². The highest BCUT2D eigenvalue weighted by atomic mass is 32.2. The molecular formula is C20H15F2N5O2S. The lowest BCUT2D eigenvalue weighted by atomic mass is 10.2. The zero-order valence-corrected chi connectivity index (χ0v) is 16.7. The molecule has 0 atom stereocenters. The van der Waals surface area contributed by atoms with E-state index in [1.807, 2.05) is 6.07 Å². The fourth-order valence-electron chi connectivity index (χ4n) is 2.69. The van der Waals surface area contributed by atoms with Crippen LogP contribution in [-0.4, -0.2) is 25.8 Å². The van der Waals surface area contributed by atoms with Crippen LogP contribution in [0.1, 0.15) is 16.2 Å². The number of rotatable bonds is 5. The van der Waals surface area contributed by atoms with Crippen molar-refractivity contribution >= 4 is 23.4 Å². The van der Waals surface area contributed by atoms with E-state index < -0.39 is 23.1 Å². The van der Waals surface area contributed by atoms with Crippen LogP contribution in [0.2, 0.25) is 0 Å². The topological polar surface area (TPSA) is 85.8 Å². The van der Waals surface area contributed by atoms with Gasteiger partial charge >= 0.3 is 0 Å². The second-order valence-corrected chi connectivity index (χ2v) is 7.40. The molecule has 2 aromatic heterocycles. The lowest BCUT2D eigenvalue weighted by Gasteiger charge is -2.08. The Kier molecular flexibility index (Phi) is 5.32. The summed E-state index contributed by atoms with van der Waals surface area (Å²) in [5, 5.41) is 11.6. The minimum absolute atomic E-state index is 0.411. The zero-order valence-electron chi connectivity index (χ0n) is 15.9. The maximum Gasteiger partial charge on any atom is 0.261 e. The fourth-order valence-corrected chi connectivity index (χ4v) is 3.55. The number of anilines is 1. The molecule has 4 rings (SSSR count). The van der Waals surface area contributed by atoms with Crippen LogP contribution in [-0.2, 0) is 7.05 Å². The number of halogens is 2. The Morgan fingerprint density at radius 2 is 1.83 bits per heavy atom. The third-order valence-electron chi connectivity index (χ3n) is 4.12. The molecule has 10 heteroatoms. The molecule has 152 valence electrons. The molecule has 4 aromatic rings. The maximum atomic E-state index is 13.7. The van der Waals surface area contributed by atoms with E-state index in [0.29, 0.717) is 23.1 Å². The van der Waals surface area contributed by atoms with Crippen LogP contribution in [0.4, 0.5) is 14.5 Å². The molecule has 1 N–H and O–H groups in total. The van der Waals surface area contributed by atoms with Crippen molar-refractivity contribution < 1.29 is 18.1 Å². The first-order valence-corrected chi connectivity index (χ1v) is 9.60. The van der Waals surface area contributed by atoms with E-state index in [1.54, 1.807) is 42.9 Å². The summed E-state index contributed by atoms with van der Waals surface area (Å²) >= 11 is 1.45. The van der Waals surface area contributed by atoms with E-state index >= 15 is 0 Å². The van der Waals surface area contributed by atoms with Gasteiger partial charge < -0.3 is 9.84 Å². The molecule has 0 bridgehead atoms. The Labute approximate surface area is 174 Å². The van der Waals surface area contributed by atoms with Gasteiger partial charge in [0, 0.05) is 30.6 Å². The molecule has 0 saturated heterocycles. The van der Waals surface area contributed by atoms with Crippen molar-refractivity contribution in [2.24, 2.45) is 7.05 Å². The average molecular weight is 427 g/mol. The summed E-state index contributed by atoms with van der Waals surface area (Å²) in [5.74, 6) is -1.81. The fraction of sp³-hybridized carbons (Fsp3) is 0.100. The highest BCUT2D eigenvalue weighted by molar-refractivity contribution is 7.99. The van der Waals surface area contributed by atoms with Gasteiger partial charge in [-0.05, 0) is 36.4 Å². The summed E-state index contributed by atoms with van der Waals surface area (Å²) in [6, 6.07) is 12.0. The number of amides is 1. The highest BCUT2D eigenvalue weighted by Crippen LogP contribution is 2.30. The van der Waals surface area contributed by atoms with Crippen molar-refractivity contribution in [2.45, 2.75) is 16.8 Å². The van der Waals surface area contributed by atoms with Crippen molar-refractivity contribution in [1.82, 2.24) is 19.9 Å². The summed E-state index contributed by atoms with van der Waals surface area (Å²) in [6.07, 6.45) is 0. The van der Waals surface area contributed by atoms with E-state index in [0.717, 1.165) is 22.1 Å². The normalized spacial score (nSPS) is 10.9. The molecule has 0 unspecified atom stereocenters. The van der Waals surface area contributed by atoms with Crippen molar-refractivity contribution in [3.8, 4) is 11.5 Å². The van der Waals surface area contributed by atoms with Gasteiger partial charge in [0.2, 0.25) is 11.7 Å². The molecule has 0 aliphatic rings. The molecule has 1 amide bonds. The summed E-state index contributed by atoms with van der Waals surface area (Å²) in [4.78, 5) is 17.2. The lowest BCUT2D eigenvalue weighted by molar-refractivity contribution is 0.101. The molecule has 0 saturated carbocycles. The van der Waals surface area contributed by atoms with Gasteiger partial charge in [-0.2, -0.15) is 10.1 Å². The first-order chi connectivity index (χ1) is 14.4. The average Bonchev–Trinajstić information content (AvgIpc) is 3.29. The summed E-state index contributed by atoms with van der Waals surface area (Å²) < 4.78 is 34.2. The standard InChI is InChI=1S/C20H15F2N5O2S/c1-11-23-19(26-29-11)16-10-17(27(2)25-16)30-13-8-6-12(7-9-13)24-20(28)18-14(21)4-3-5-15(18)22/h3-10H,1-2H3,(H,24,28). The van der Waals surface area contributed by atoms with Gasteiger partial charge in [-0.1, -0.05) is 23.0 Å². The maximum absolute atomic E-state index is 13.7. The molecule has 7 nitrogen and oxygen atoms in total. The van der Waals surface area contributed by atoms with Crippen molar-refractivity contribution in [2.75, 3.05) is 5.32 Å². The smallest absolute Gasteiger partial charge is 0.261 e. The quantitative estimate of drug-likeness (QED) is 0.506. The van der Waals surface area contributed by atoms with Gasteiger partial charge in [0.25, 0.3) is 5.91 Å². The number of carbonyl (C=O) groups excluding carboxylic acids is 1. The second-order valence-electron chi connectivity index (χ2n) is 6.31. The van der Waals surface area contributed by atoms with Gasteiger partial charge in [-0.3, -0.25) is 9.48 Å². The number of hydrogen-bond acceptors (Lipinski definition) is 6. The Morgan fingerprint density at radius 1 is 1.13 bits per heavy atom. The van der Waals surface area contributed by atoms with E-state index in [2.05, 4.69) is 20.6 Å². The lowest BCUT2D eigenvalue weighted by Crippen LogP contribution is -2.15. The number of carbonyl (C=O) groups is 1. The molecule has 2 heterocycles. The Hall–Kier alpha value is -3.53. The number of nitrogens with zero attached hydrogens (tertiary/aromatic N) is 4. The SMILES string of the molecule is Cc1nc(-c2cc(Sc3ccc(NC(=O)c4c(F)cccc4F)cc3)n(C)n2)no1. The van der Waals surface area contributed by atoms with E-state index in [-0.39, 0.29) is 0 Å². The molecule has 0 radical (unpaired) electrons. The predicted molar refractivity (Wildman–Crippen MR) is 106 cm³/mol. The molecule has 0 spiro atoms. The Bertz CT molecular complexity index is 1200.